The van der Waals surface area contributed by atoms with Crippen molar-refractivity contribution in [3.8, 4) is 17.4 Å². The van der Waals surface area contributed by atoms with E-state index in [0.717, 1.165) is 59.5 Å². The Morgan fingerprint density at radius 1 is 1.02 bits per heavy atom. The maximum atomic E-state index is 11.0. The summed E-state index contributed by atoms with van der Waals surface area (Å²) in [4.78, 5) is 6.79. The van der Waals surface area contributed by atoms with Crippen molar-refractivity contribution in [3.05, 3.63) is 90.1 Å². The van der Waals surface area contributed by atoms with E-state index in [-0.39, 0.29) is 12.0 Å². The van der Waals surface area contributed by atoms with Crippen molar-refractivity contribution in [1.29, 1.82) is 0 Å². The van der Waals surface area contributed by atoms with Gasteiger partial charge in [0.1, 0.15) is 18.1 Å². The van der Waals surface area contributed by atoms with E-state index in [9.17, 15) is 5.11 Å². The molecule has 0 saturated carbocycles. The van der Waals surface area contributed by atoms with Gasteiger partial charge in [0.25, 0.3) is 0 Å². The van der Waals surface area contributed by atoms with E-state index in [1.807, 2.05) is 66.9 Å². The number of nitrogens with zero attached hydrogens (tertiary/aromatic N) is 2. The molecule has 0 bridgehead atoms. The highest BCUT2D eigenvalue weighted by molar-refractivity contribution is 5.82. The normalized spacial score (nSPS) is 20.4. The molecule has 2 aliphatic heterocycles. The number of hydrogen-bond acceptors (Lipinski definition) is 8. The summed E-state index contributed by atoms with van der Waals surface area (Å²) in [6.07, 6.45) is 2.04. The van der Waals surface area contributed by atoms with Gasteiger partial charge in [-0.25, -0.2) is 4.98 Å². The predicted molar refractivity (Wildman–Crippen MR) is 159 cm³/mol. The number of methoxy groups -OCH3 is 1. The lowest BCUT2D eigenvalue weighted by Crippen LogP contribution is -2.49. The second-order valence-electron chi connectivity index (χ2n) is 10.6. The summed E-state index contributed by atoms with van der Waals surface area (Å²) in [7, 11) is 1.73. The van der Waals surface area contributed by atoms with Gasteiger partial charge < -0.3 is 34.3 Å². The SMILES string of the molecule is COCCCN1CCOc2ccc(COC3CNC[C@@H](O)[C@@H]3c3ccc(Oc4cc5ccccc5cn4)cc3)cc21. The number of anilines is 1. The van der Waals surface area contributed by atoms with Gasteiger partial charge in [0.2, 0.25) is 5.88 Å². The van der Waals surface area contributed by atoms with Crippen LogP contribution < -0.4 is 19.7 Å². The van der Waals surface area contributed by atoms with Crippen LogP contribution in [-0.4, -0.2) is 68.8 Å². The summed E-state index contributed by atoms with van der Waals surface area (Å²) >= 11 is 0. The first-order valence-electron chi connectivity index (χ1n) is 14.3. The maximum Gasteiger partial charge on any atom is 0.219 e. The zero-order valence-corrected chi connectivity index (χ0v) is 23.4. The Hall–Kier alpha value is -3.69. The molecule has 0 aliphatic carbocycles. The lowest BCUT2D eigenvalue weighted by atomic mass is 9.85. The quantitative estimate of drug-likeness (QED) is 0.268. The van der Waals surface area contributed by atoms with Crippen LogP contribution in [0.15, 0.2) is 79.0 Å². The highest BCUT2D eigenvalue weighted by Crippen LogP contribution is 2.34. The number of fused-ring (bicyclic) bond motifs is 2. The standard InChI is InChI=1S/C33H37N3O5/c1-38-15-4-13-36-14-16-39-30-12-7-23(17-28(30)36)22-40-31-21-34-20-29(37)33(31)24-8-10-27(11-9-24)41-32-18-25-5-2-3-6-26(25)19-35-32/h2-3,5-12,17-19,29,31,33-34,37H,4,13-16,20-22H2,1H3/t29-,31?,33+/m1/s1. The molecule has 2 N–H and O–H groups in total. The molecule has 1 aromatic heterocycles. The second-order valence-corrected chi connectivity index (χ2v) is 10.6. The number of benzene rings is 3. The first-order chi connectivity index (χ1) is 20.2. The van der Waals surface area contributed by atoms with Gasteiger partial charge in [-0.2, -0.15) is 0 Å². The molecule has 0 amide bonds. The molecule has 8 heteroatoms. The van der Waals surface area contributed by atoms with Crippen LogP contribution in [0.3, 0.4) is 0 Å². The van der Waals surface area contributed by atoms with Gasteiger partial charge in [-0.15, -0.1) is 0 Å². The van der Waals surface area contributed by atoms with Crippen molar-refractivity contribution in [1.82, 2.24) is 10.3 Å². The highest BCUT2D eigenvalue weighted by Gasteiger charge is 2.34. The topological polar surface area (TPSA) is 85.3 Å². The van der Waals surface area contributed by atoms with Crippen LogP contribution in [0, 0.1) is 0 Å². The van der Waals surface area contributed by atoms with Crippen molar-refractivity contribution in [3.63, 3.8) is 0 Å². The third-order valence-corrected chi connectivity index (χ3v) is 7.83. The number of rotatable bonds is 10. The Labute approximate surface area is 240 Å². The summed E-state index contributed by atoms with van der Waals surface area (Å²) in [5.74, 6) is 2.00. The minimum Gasteiger partial charge on any atom is -0.490 e. The van der Waals surface area contributed by atoms with Crippen molar-refractivity contribution in [2.75, 3.05) is 51.4 Å². The van der Waals surface area contributed by atoms with Crippen LogP contribution in [0.4, 0.5) is 5.69 Å². The van der Waals surface area contributed by atoms with Crippen molar-refractivity contribution >= 4 is 16.5 Å². The molecular formula is C33H37N3O5. The molecule has 214 valence electrons. The number of aliphatic hydroxyl groups is 1. The predicted octanol–water partition coefficient (Wildman–Crippen LogP) is 4.90. The van der Waals surface area contributed by atoms with Crippen LogP contribution in [-0.2, 0) is 16.1 Å². The van der Waals surface area contributed by atoms with Gasteiger partial charge in [-0.3, -0.25) is 0 Å². The van der Waals surface area contributed by atoms with Gasteiger partial charge in [-0.1, -0.05) is 42.5 Å². The Morgan fingerprint density at radius 3 is 2.73 bits per heavy atom. The number of aromatic nitrogens is 1. The molecule has 0 radical (unpaired) electrons. The van der Waals surface area contributed by atoms with Crippen LogP contribution in [0.5, 0.6) is 17.4 Å². The molecule has 1 unspecified atom stereocenters. The molecular weight excluding hydrogens is 518 g/mol. The number of pyridine rings is 1. The van der Waals surface area contributed by atoms with E-state index in [4.69, 9.17) is 18.9 Å². The Kier molecular flexibility index (Phi) is 8.63. The maximum absolute atomic E-state index is 11.0. The minimum atomic E-state index is -0.559. The largest absolute Gasteiger partial charge is 0.490 e. The van der Waals surface area contributed by atoms with Crippen molar-refractivity contribution in [2.45, 2.75) is 31.2 Å². The summed E-state index contributed by atoms with van der Waals surface area (Å²) < 4.78 is 23.6. The Morgan fingerprint density at radius 2 is 1.88 bits per heavy atom. The summed E-state index contributed by atoms with van der Waals surface area (Å²) in [6, 6.07) is 24.2. The lowest BCUT2D eigenvalue weighted by molar-refractivity contribution is -0.0328. The first kappa shape index (κ1) is 27.5. The number of piperidine rings is 1. The number of nitrogens with one attached hydrogen (secondary N) is 1. The van der Waals surface area contributed by atoms with E-state index < -0.39 is 6.10 Å². The first-order valence-corrected chi connectivity index (χ1v) is 14.3. The molecule has 6 rings (SSSR count). The van der Waals surface area contributed by atoms with E-state index in [0.29, 0.717) is 37.9 Å². The zero-order valence-electron chi connectivity index (χ0n) is 23.4. The molecule has 41 heavy (non-hydrogen) atoms. The molecule has 8 nitrogen and oxygen atoms in total. The fourth-order valence-corrected chi connectivity index (χ4v) is 5.72. The van der Waals surface area contributed by atoms with Crippen molar-refractivity contribution < 1.29 is 24.1 Å². The van der Waals surface area contributed by atoms with Gasteiger partial charge in [-0.05, 0) is 47.2 Å². The number of aliphatic hydroxyl groups excluding tert-OH is 1. The van der Waals surface area contributed by atoms with E-state index in [1.54, 1.807) is 7.11 Å². The average molecular weight is 556 g/mol. The third-order valence-electron chi connectivity index (χ3n) is 7.83. The van der Waals surface area contributed by atoms with E-state index >= 15 is 0 Å². The van der Waals surface area contributed by atoms with E-state index in [1.165, 1.54) is 0 Å². The van der Waals surface area contributed by atoms with Crippen LogP contribution in [0.25, 0.3) is 10.8 Å². The average Bonchev–Trinajstić information content (AvgIpc) is 3.01. The van der Waals surface area contributed by atoms with Crippen molar-refractivity contribution in [2.24, 2.45) is 0 Å². The molecule has 3 atom stereocenters. The Balaban J connectivity index is 1.12. The molecule has 1 fully saturated rings. The fourth-order valence-electron chi connectivity index (χ4n) is 5.72. The number of β-amino-alcohol motifs (C(OH)–C–C–N with tert-alkyl or cyclic N) is 1. The number of hydrogen-bond donors (Lipinski definition) is 2. The zero-order chi connectivity index (χ0) is 28.0. The van der Waals surface area contributed by atoms with E-state index in [2.05, 4.69) is 27.3 Å². The third kappa shape index (κ3) is 6.47. The van der Waals surface area contributed by atoms with Gasteiger partial charge >= 0.3 is 0 Å². The van der Waals surface area contributed by atoms with Crippen LogP contribution >= 0.6 is 0 Å². The molecule has 0 spiro atoms. The smallest absolute Gasteiger partial charge is 0.219 e. The van der Waals surface area contributed by atoms with Gasteiger partial charge in [0, 0.05) is 56.9 Å². The molecule has 2 aliphatic rings. The van der Waals surface area contributed by atoms with Crippen LogP contribution in [0.1, 0.15) is 23.5 Å². The van der Waals surface area contributed by atoms with Crippen LogP contribution in [0.2, 0.25) is 0 Å². The monoisotopic (exact) mass is 555 g/mol. The fraction of sp³-hybridized carbons (Fsp3) is 0.364. The molecule has 1 saturated heterocycles. The highest BCUT2D eigenvalue weighted by atomic mass is 16.5. The summed E-state index contributed by atoms with van der Waals surface area (Å²) in [5, 5.41) is 16.4. The summed E-state index contributed by atoms with van der Waals surface area (Å²) in [6.45, 7) is 4.84. The van der Waals surface area contributed by atoms with Gasteiger partial charge in [0.05, 0.1) is 31.0 Å². The lowest BCUT2D eigenvalue weighted by Gasteiger charge is -2.36. The number of ether oxygens (including phenoxy) is 4. The second kappa shape index (κ2) is 12.9. The minimum absolute atomic E-state index is 0.157. The molecule has 4 aromatic rings. The Bertz CT molecular complexity index is 1450. The van der Waals surface area contributed by atoms with Gasteiger partial charge in [0.15, 0.2) is 0 Å². The molecule has 3 aromatic carbocycles. The molecule has 3 heterocycles. The summed E-state index contributed by atoms with van der Waals surface area (Å²) in [5.41, 5.74) is 3.20.